The fourth-order valence-electron chi connectivity index (χ4n) is 4.74. The molecule has 0 saturated carbocycles. The van der Waals surface area contributed by atoms with Crippen LogP contribution in [0.1, 0.15) is 42.9 Å². The SMILES string of the molecule is CC(C)C[C@H](NC(=O)OCc1ccccc1)C(=O)N[C@H](C(N)=O)C1c2ccccc2-c2ccccc21. The van der Waals surface area contributed by atoms with E-state index in [1.807, 2.05) is 92.7 Å². The van der Waals surface area contributed by atoms with Gasteiger partial charge in [0, 0.05) is 5.92 Å². The van der Waals surface area contributed by atoms with Gasteiger partial charge in [0.15, 0.2) is 0 Å². The lowest BCUT2D eigenvalue weighted by Gasteiger charge is -2.27. The maximum Gasteiger partial charge on any atom is 0.408 e. The number of ether oxygens (including phenoxy) is 1. The molecule has 3 aromatic rings. The molecule has 0 fully saturated rings. The number of carbonyl (C=O) groups is 3. The molecular formula is C29H31N3O4. The van der Waals surface area contributed by atoms with E-state index in [1.54, 1.807) is 0 Å². The van der Waals surface area contributed by atoms with Crippen molar-refractivity contribution < 1.29 is 19.1 Å². The molecule has 3 aromatic carbocycles. The molecule has 0 spiro atoms. The fourth-order valence-corrected chi connectivity index (χ4v) is 4.74. The second-order valence-electron chi connectivity index (χ2n) is 9.43. The predicted octanol–water partition coefficient (Wildman–Crippen LogP) is 4.11. The lowest BCUT2D eigenvalue weighted by atomic mass is 9.88. The quantitative estimate of drug-likeness (QED) is 0.424. The molecule has 0 aliphatic heterocycles. The smallest absolute Gasteiger partial charge is 0.408 e. The molecule has 0 aromatic heterocycles. The maximum atomic E-state index is 13.4. The Kier molecular flexibility index (Phi) is 7.68. The largest absolute Gasteiger partial charge is 0.445 e. The van der Waals surface area contributed by atoms with E-state index in [2.05, 4.69) is 10.6 Å². The van der Waals surface area contributed by atoms with Crippen LogP contribution in [0.3, 0.4) is 0 Å². The topological polar surface area (TPSA) is 111 Å². The third-order valence-corrected chi connectivity index (χ3v) is 6.35. The summed E-state index contributed by atoms with van der Waals surface area (Å²) in [5, 5.41) is 5.51. The summed E-state index contributed by atoms with van der Waals surface area (Å²) in [5.41, 5.74) is 10.6. The third kappa shape index (κ3) is 5.57. The number of fused-ring (bicyclic) bond motifs is 3. The van der Waals surface area contributed by atoms with Crippen LogP contribution in [0.5, 0.6) is 0 Å². The standard InChI is InChI=1S/C29H31N3O4/c1-18(2)16-24(31-29(35)36-17-19-10-4-3-5-11-19)28(34)32-26(27(30)33)25-22-14-8-6-12-20(22)21-13-7-9-15-23(21)25/h3-15,18,24-26H,16-17H2,1-2H3,(H2,30,33)(H,31,35)(H,32,34)/t24-,26-/m0/s1. The van der Waals surface area contributed by atoms with Crippen LogP contribution >= 0.6 is 0 Å². The summed E-state index contributed by atoms with van der Waals surface area (Å²) in [6.07, 6.45) is -0.331. The van der Waals surface area contributed by atoms with E-state index in [1.165, 1.54) is 0 Å². The van der Waals surface area contributed by atoms with Gasteiger partial charge in [-0.05, 0) is 40.2 Å². The molecule has 0 heterocycles. The first kappa shape index (κ1) is 25.0. The van der Waals surface area contributed by atoms with Crippen molar-refractivity contribution in [3.05, 3.63) is 95.6 Å². The van der Waals surface area contributed by atoms with Crippen molar-refractivity contribution in [2.45, 2.75) is 44.9 Å². The van der Waals surface area contributed by atoms with Crippen molar-refractivity contribution in [1.29, 1.82) is 0 Å². The number of alkyl carbamates (subject to hydrolysis) is 1. The Labute approximate surface area is 211 Å². The van der Waals surface area contributed by atoms with Gasteiger partial charge in [-0.1, -0.05) is 92.7 Å². The third-order valence-electron chi connectivity index (χ3n) is 6.35. The van der Waals surface area contributed by atoms with Gasteiger partial charge in [-0.15, -0.1) is 0 Å². The Morgan fingerprint density at radius 2 is 1.39 bits per heavy atom. The molecule has 1 aliphatic rings. The summed E-state index contributed by atoms with van der Waals surface area (Å²) in [4.78, 5) is 38.6. The second kappa shape index (κ2) is 11.1. The average Bonchev–Trinajstić information content (AvgIpc) is 3.20. The molecule has 36 heavy (non-hydrogen) atoms. The molecular weight excluding hydrogens is 454 g/mol. The van der Waals surface area contributed by atoms with Gasteiger partial charge in [0.2, 0.25) is 11.8 Å². The van der Waals surface area contributed by atoms with Crippen LogP contribution in [0.2, 0.25) is 0 Å². The number of nitrogens with two attached hydrogens (primary N) is 1. The normalized spacial score (nSPS) is 13.9. The Morgan fingerprint density at radius 3 is 1.94 bits per heavy atom. The molecule has 0 unspecified atom stereocenters. The lowest BCUT2D eigenvalue weighted by molar-refractivity contribution is -0.129. The molecule has 4 N–H and O–H groups in total. The van der Waals surface area contributed by atoms with Gasteiger partial charge in [0.05, 0.1) is 0 Å². The Bertz CT molecular complexity index is 1200. The van der Waals surface area contributed by atoms with Gasteiger partial charge >= 0.3 is 6.09 Å². The number of benzene rings is 3. The van der Waals surface area contributed by atoms with Crippen molar-refractivity contribution in [1.82, 2.24) is 10.6 Å². The van der Waals surface area contributed by atoms with E-state index >= 15 is 0 Å². The number of hydrogen-bond donors (Lipinski definition) is 3. The highest BCUT2D eigenvalue weighted by atomic mass is 16.5. The molecule has 2 atom stereocenters. The summed E-state index contributed by atoms with van der Waals surface area (Å²) < 4.78 is 5.31. The van der Waals surface area contributed by atoms with Crippen LogP contribution in [0.25, 0.3) is 11.1 Å². The van der Waals surface area contributed by atoms with Gasteiger partial charge in [0.25, 0.3) is 0 Å². The van der Waals surface area contributed by atoms with E-state index < -0.39 is 35.9 Å². The monoisotopic (exact) mass is 485 g/mol. The molecule has 0 bridgehead atoms. The summed E-state index contributed by atoms with van der Waals surface area (Å²) in [5.74, 6) is -1.44. The highest BCUT2D eigenvalue weighted by Crippen LogP contribution is 2.46. The van der Waals surface area contributed by atoms with Gasteiger partial charge in [-0.2, -0.15) is 0 Å². The van der Waals surface area contributed by atoms with Gasteiger partial charge in [0.1, 0.15) is 18.7 Å². The van der Waals surface area contributed by atoms with Crippen molar-refractivity contribution in [2.75, 3.05) is 0 Å². The number of hydrogen-bond acceptors (Lipinski definition) is 4. The predicted molar refractivity (Wildman–Crippen MR) is 138 cm³/mol. The molecule has 0 radical (unpaired) electrons. The van der Waals surface area contributed by atoms with Crippen LogP contribution in [0, 0.1) is 5.92 Å². The first-order valence-corrected chi connectivity index (χ1v) is 12.1. The van der Waals surface area contributed by atoms with E-state index in [4.69, 9.17) is 10.5 Å². The fraction of sp³-hybridized carbons (Fsp3) is 0.276. The van der Waals surface area contributed by atoms with Crippen molar-refractivity contribution in [2.24, 2.45) is 11.7 Å². The number of carbonyl (C=O) groups excluding carboxylic acids is 3. The highest BCUT2D eigenvalue weighted by Gasteiger charge is 2.39. The van der Waals surface area contributed by atoms with Crippen LogP contribution in [-0.2, 0) is 20.9 Å². The molecule has 4 rings (SSSR count). The molecule has 0 saturated heterocycles. The van der Waals surface area contributed by atoms with E-state index in [-0.39, 0.29) is 12.5 Å². The molecule has 186 valence electrons. The number of primary amides is 1. The molecule has 7 nitrogen and oxygen atoms in total. The van der Waals surface area contributed by atoms with E-state index in [0.717, 1.165) is 27.8 Å². The highest BCUT2D eigenvalue weighted by molar-refractivity contribution is 5.93. The minimum absolute atomic E-state index is 0.0856. The summed E-state index contributed by atoms with van der Waals surface area (Å²) in [7, 11) is 0. The summed E-state index contributed by atoms with van der Waals surface area (Å²) >= 11 is 0. The Hall–Kier alpha value is -4.13. The Morgan fingerprint density at radius 1 is 0.833 bits per heavy atom. The zero-order chi connectivity index (χ0) is 25.7. The van der Waals surface area contributed by atoms with E-state index in [0.29, 0.717) is 6.42 Å². The Balaban J connectivity index is 1.52. The average molecular weight is 486 g/mol. The van der Waals surface area contributed by atoms with Crippen LogP contribution in [0.4, 0.5) is 4.79 Å². The van der Waals surface area contributed by atoms with Crippen LogP contribution < -0.4 is 16.4 Å². The maximum absolute atomic E-state index is 13.4. The first-order chi connectivity index (χ1) is 17.3. The first-order valence-electron chi connectivity index (χ1n) is 12.1. The number of nitrogens with one attached hydrogen (secondary N) is 2. The number of rotatable bonds is 9. The summed E-state index contributed by atoms with van der Waals surface area (Å²) in [6.45, 7) is 3.99. The zero-order valence-electron chi connectivity index (χ0n) is 20.4. The van der Waals surface area contributed by atoms with Crippen molar-refractivity contribution >= 4 is 17.9 Å². The minimum Gasteiger partial charge on any atom is -0.445 e. The van der Waals surface area contributed by atoms with Crippen LogP contribution in [0.15, 0.2) is 78.9 Å². The van der Waals surface area contributed by atoms with Gasteiger partial charge < -0.3 is 21.1 Å². The zero-order valence-corrected chi connectivity index (χ0v) is 20.4. The van der Waals surface area contributed by atoms with E-state index in [9.17, 15) is 14.4 Å². The second-order valence-corrected chi connectivity index (χ2v) is 9.43. The van der Waals surface area contributed by atoms with Gasteiger partial charge in [-0.25, -0.2) is 4.79 Å². The minimum atomic E-state index is -0.987. The number of amides is 3. The van der Waals surface area contributed by atoms with Crippen molar-refractivity contribution in [3.63, 3.8) is 0 Å². The molecule has 7 heteroatoms. The molecule has 1 aliphatic carbocycles. The molecule has 3 amide bonds. The van der Waals surface area contributed by atoms with Crippen LogP contribution in [-0.4, -0.2) is 30.0 Å². The summed E-state index contributed by atoms with van der Waals surface area (Å²) in [6, 6.07) is 23.0. The van der Waals surface area contributed by atoms with Gasteiger partial charge in [-0.3, -0.25) is 9.59 Å². The lowest BCUT2D eigenvalue weighted by Crippen LogP contribution is -2.55. The van der Waals surface area contributed by atoms with Crippen molar-refractivity contribution in [3.8, 4) is 11.1 Å².